The molecule has 1 aromatic rings. The predicted octanol–water partition coefficient (Wildman–Crippen LogP) is 0.908. The third-order valence-corrected chi connectivity index (χ3v) is 2.66. The van der Waals surface area contributed by atoms with E-state index in [-0.39, 0.29) is 0 Å². The van der Waals surface area contributed by atoms with Crippen LogP contribution in [0.4, 0.5) is 4.79 Å². The maximum absolute atomic E-state index is 10.6. The van der Waals surface area contributed by atoms with Crippen LogP contribution < -0.4 is 5.11 Å². The molecule has 0 bridgehead atoms. The third-order valence-electron chi connectivity index (χ3n) is 2.66. The van der Waals surface area contributed by atoms with Crippen LogP contribution in [-0.4, -0.2) is 11.0 Å². The summed E-state index contributed by atoms with van der Waals surface area (Å²) in [6.45, 7) is 3.04. The summed E-state index contributed by atoms with van der Waals surface area (Å²) >= 11 is 0. The van der Waals surface area contributed by atoms with E-state index in [1.54, 1.807) is 0 Å². The van der Waals surface area contributed by atoms with Crippen molar-refractivity contribution < 1.29 is 9.90 Å². The van der Waals surface area contributed by atoms with Gasteiger partial charge in [-0.3, -0.25) is 0 Å². The summed E-state index contributed by atoms with van der Waals surface area (Å²) in [6.07, 6.45) is -0.0993. The molecule has 3 nitrogen and oxygen atoms in total. The molecule has 0 radical (unpaired) electrons. The van der Waals surface area contributed by atoms with Crippen molar-refractivity contribution in [1.82, 2.24) is 4.90 Å². The second-order valence-corrected chi connectivity index (χ2v) is 3.58. The Labute approximate surface area is 83.0 Å². The van der Waals surface area contributed by atoms with E-state index >= 15 is 0 Å². The maximum atomic E-state index is 10.6. The van der Waals surface area contributed by atoms with Gasteiger partial charge in [-0.2, -0.15) is 0 Å². The van der Waals surface area contributed by atoms with E-state index < -0.39 is 6.09 Å². The van der Waals surface area contributed by atoms with Gasteiger partial charge < -0.3 is 14.8 Å². The van der Waals surface area contributed by atoms with Crippen LogP contribution in [0.15, 0.2) is 18.2 Å². The molecule has 1 amide bonds. The first kappa shape index (κ1) is 9.06. The van der Waals surface area contributed by atoms with Crippen molar-refractivity contribution in [2.24, 2.45) is 0 Å². The fraction of sp³-hybridized carbons (Fsp3) is 0.364. The normalized spacial score (nSPS) is 14.2. The highest BCUT2D eigenvalue weighted by atomic mass is 16.4. The molecule has 3 heteroatoms. The summed E-state index contributed by atoms with van der Waals surface area (Å²) in [6, 6.07) is 6.15. The van der Waals surface area contributed by atoms with Crippen LogP contribution in [0.5, 0.6) is 0 Å². The van der Waals surface area contributed by atoms with Crippen molar-refractivity contribution in [2.75, 3.05) is 0 Å². The van der Waals surface area contributed by atoms with Crippen molar-refractivity contribution in [1.29, 1.82) is 0 Å². The van der Waals surface area contributed by atoms with Crippen LogP contribution in [0.3, 0.4) is 0 Å². The van der Waals surface area contributed by atoms with Gasteiger partial charge in [-0.05, 0) is 23.1 Å². The van der Waals surface area contributed by atoms with E-state index in [0.29, 0.717) is 13.1 Å². The molecule has 1 aliphatic rings. The number of carboxylic acid groups (broad SMARTS) is 1. The van der Waals surface area contributed by atoms with Crippen LogP contribution in [0.25, 0.3) is 0 Å². The van der Waals surface area contributed by atoms with Gasteiger partial charge in [-0.25, -0.2) is 0 Å². The summed E-state index contributed by atoms with van der Waals surface area (Å²) in [7, 11) is 0. The van der Waals surface area contributed by atoms with Gasteiger partial charge in [0.25, 0.3) is 0 Å². The highest BCUT2D eigenvalue weighted by molar-refractivity contribution is 5.64. The quantitative estimate of drug-likeness (QED) is 0.660. The second-order valence-electron chi connectivity index (χ2n) is 3.58. The summed E-state index contributed by atoms with van der Waals surface area (Å²) in [5, 5.41) is 10.6. The number of carbonyl (C=O) groups excluding carboxylic acids is 1. The number of aryl methyl sites for hydroxylation is 1. The first-order chi connectivity index (χ1) is 6.70. The molecule has 0 aromatic heterocycles. The van der Waals surface area contributed by atoms with Gasteiger partial charge in [0.05, 0.1) is 0 Å². The van der Waals surface area contributed by atoms with Gasteiger partial charge in [0.15, 0.2) is 0 Å². The van der Waals surface area contributed by atoms with E-state index in [4.69, 9.17) is 0 Å². The van der Waals surface area contributed by atoms with Crippen molar-refractivity contribution in [3.05, 3.63) is 34.9 Å². The summed E-state index contributed by atoms with van der Waals surface area (Å²) in [5.41, 5.74) is 3.48. The lowest BCUT2D eigenvalue weighted by atomic mass is 10.1. The third kappa shape index (κ3) is 1.45. The van der Waals surface area contributed by atoms with Gasteiger partial charge in [-0.1, -0.05) is 25.1 Å². The van der Waals surface area contributed by atoms with E-state index in [2.05, 4.69) is 19.1 Å². The predicted molar refractivity (Wildman–Crippen MR) is 50.5 cm³/mol. The zero-order valence-electron chi connectivity index (χ0n) is 8.12. The molecule has 0 saturated heterocycles. The molecule has 0 N–H and O–H groups in total. The fourth-order valence-electron chi connectivity index (χ4n) is 1.80. The largest absolute Gasteiger partial charge is 0.530 e. The van der Waals surface area contributed by atoms with Crippen LogP contribution in [-0.2, 0) is 19.5 Å². The van der Waals surface area contributed by atoms with Crippen molar-refractivity contribution in [3.8, 4) is 0 Å². The molecule has 0 saturated carbocycles. The van der Waals surface area contributed by atoms with Crippen molar-refractivity contribution in [2.45, 2.75) is 26.4 Å². The number of rotatable bonds is 1. The molecule has 74 valence electrons. The number of hydrogen-bond acceptors (Lipinski definition) is 2. The van der Waals surface area contributed by atoms with Crippen LogP contribution >= 0.6 is 0 Å². The lowest BCUT2D eigenvalue weighted by molar-refractivity contribution is -0.266. The number of carbonyl (C=O) groups is 1. The standard InChI is InChI=1S/C11H13NO2/c1-2-8-3-4-9-6-12(11(13)14)7-10(9)5-8/h3-5H,2,6-7H2,1H3,(H,13,14)/p-1. The number of benzene rings is 1. The van der Waals surface area contributed by atoms with Crippen LogP contribution in [0, 0.1) is 0 Å². The zero-order chi connectivity index (χ0) is 10.1. The smallest absolute Gasteiger partial charge is 0.137 e. The average Bonchev–Trinajstić information content (AvgIpc) is 2.59. The average molecular weight is 190 g/mol. The molecule has 14 heavy (non-hydrogen) atoms. The number of fused-ring (bicyclic) bond motifs is 1. The maximum Gasteiger partial charge on any atom is 0.137 e. The molecule has 0 aliphatic carbocycles. The number of amides is 1. The topological polar surface area (TPSA) is 43.4 Å². The Morgan fingerprint density at radius 2 is 2.14 bits per heavy atom. The lowest BCUT2D eigenvalue weighted by Crippen LogP contribution is -2.37. The first-order valence-electron chi connectivity index (χ1n) is 4.77. The molecule has 1 heterocycles. The molecule has 1 aromatic carbocycles. The summed E-state index contributed by atoms with van der Waals surface area (Å²) < 4.78 is 0. The Bertz CT molecular complexity index is 374. The Morgan fingerprint density at radius 3 is 2.79 bits per heavy atom. The Hall–Kier alpha value is -1.51. The van der Waals surface area contributed by atoms with Gasteiger partial charge in [-0.15, -0.1) is 0 Å². The van der Waals surface area contributed by atoms with Crippen molar-refractivity contribution in [3.63, 3.8) is 0 Å². The molecule has 0 fully saturated rings. The van der Waals surface area contributed by atoms with Gasteiger partial charge in [0.2, 0.25) is 0 Å². The van der Waals surface area contributed by atoms with E-state index in [0.717, 1.165) is 17.5 Å². The minimum absolute atomic E-state index is 0.474. The molecule has 0 atom stereocenters. The molecular formula is C11H12NO2-. The molecule has 1 aliphatic heterocycles. The number of hydrogen-bond donors (Lipinski definition) is 0. The minimum atomic E-state index is -1.08. The Kier molecular flexibility index (Phi) is 2.15. The van der Waals surface area contributed by atoms with Crippen LogP contribution in [0.1, 0.15) is 23.6 Å². The fourth-order valence-corrected chi connectivity index (χ4v) is 1.80. The van der Waals surface area contributed by atoms with Crippen molar-refractivity contribution >= 4 is 6.09 Å². The van der Waals surface area contributed by atoms with E-state index in [1.165, 1.54) is 10.5 Å². The Balaban J connectivity index is 2.27. The van der Waals surface area contributed by atoms with Crippen LogP contribution in [0.2, 0.25) is 0 Å². The number of nitrogens with zero attached hydrogens (tertiary/aromatic N) is 1. The second kappa shape index (κ2) is 3.33. The minimum Gasteiger partial charge on any atom is -0.530 e. The summed E-state index contributed by atoms with van der Waals surface area (Å²) in [5.74, 6) is 0. The highest BCUT2D eigenvalue weighted by Crippen LogP contribution is 2.23. The zero-order valence-corrected chi connectivity index (χ0v) is 8.12. The van der Waals surface area contributed by atoms with Gasteiger partial charge >= 0.3 is 0 Å². The monoisotopic (exact) mass is 190 g/mol. The van der Waals surface area contributed by atoms with Gasteiger partial charge in [0.1, 0.15) is 6.09 Å². The molecule has 0 spiro atoms. The SMILES string of the molecule is CCc1ccc2c(c1)CN(C(=O)[O-])C2. The van der Waals surface area contributed by atoms with Gasteiger partial charge in [0, 0.05) is 13.1 Å². The van der Waals surface area contributed by atoms with E-state index in [9.17, 15) is 9.90 Å². The lowest BCUT2D eigenvalue weighted by Gasteiger charge is -2.17. The molecule has 2 rings (SSSR count). The highest BCUT2D eigenvalue weighted by Gasteiger charge is 2.18. The Morgan fingerprint density at radius 1 is 1.43 bits per heavy atom. The van der Waals surface area contributed by atoms with E-state index in [1.807, 2.05) is 6.07 Å². The molecular weight excluding hydrogens is 178 g/mol. The first-order valence-corrected chi connectivity index (χ1v) is 4.77. The molecule has 0 unspecified atom stereocenters. The summed E-state index contributed by atoms with van der Waals surface area (Å²) in [4.78, 5) is 12.0.